The third-order valence-electron chi connectivity index (χ3n) is 2.32. The quantitative estimate of drug-likeness (QED) is 0.712. The lowest BCUT2D eigenvalue weighted by Gasteiger charge is -2.30. The van der Waals surface area contributed by atoms with Crippen molar-refractivity contribution in [2.75, 3.05) is 11.4 Å². The summed E-state index contributed by atoms with van der Waals surface area (Å²) in [6, 6.07) is 1.38. The van der Waals surface area contributed by atoms with E-state index >= 15 is 0 Å². The predicted molar refractivity (Wildman–Crippen MR) is 53.6 cm³/mol. The molecule has 0 aromatic carbocycles. The molecule has 1 aliphatic rings. The molecule has 1 aromatic rings. The molecule has 0 radical (unpaired) electrons. The Labute approximate surface area is 95.2 Å². The van der Waals surface area contributed by atoms with Gasteiger partial charge in [0.2, 0.25) is 5.28 Å². The van der Waals surface area contributed by atoms with Crippen LogP contribution in [-0.2, 0) is 4.79 Å². The molecule has 0 atom stereocenters. The van der Waals surface area contributed by atoms with Gasteiger partial charge in [-0.3, -0.25) is 9.69 Å². The smallest absolute Gasteiger partial charge is 0.291 e. The minimum Gasteiger partial charge on any atom is -0.291 e. The van der Waals surface area contributed by atoms with Crippen molar-refractivity contribution in [2.45, 2.75) is 18.8 Å². The largest absolute Gasteiger partial charge is 0.325 e. The fourth-order valence-corrected chi connectivity index (χ4v) is 1.70. The topological polar surface area (TPSA) is 46.1 Å². The highest BCUT2D eigenvalue weighted by Gasteiger charge is 2.45. The van der Waals surface area contributed by atoms with Crippen LogP contribution in [0.15, 0.2) is 12.3 Å². The average Bonchev–Trinajstić information content (AvgIpc) is 2.22. The van der Waals surface area contributed by atoms with Crippen molar-refractivity contribution in [1.82, 2.24) is 9.97 Å². The van der Waals surface area contributed by atoms with Crippen molar-refractivity contribution in [3.8, 4) is 0 Å². The number of rotatable bonds is 1. The molecule has 0 spiro atoms. The number of piperidine rings is 1. The number of amides is 1. The third-order valence-corrected chi connectivity index (χ3v) is 2.50. The molecule has 0 unspecified atom stereocenters. The van der Waals surface area contributed by atoms with Crippen LogP contribution in [0, 0.1) is 0 Å². The van der Waals surface area contributed by atoms with Crippen LogP contribution in [0.3, 0.4) is 0 Å². The van der Waals surface area contributed by atoms with E-state index in [1.807, 2.05) is 0 Å². The highest BCUT2D eigenvalue weighted by molar-refractivity contribution is 6.28. The number of halogens is 3. The van der Waals surface area contributed by atoms with Crippen LogP contribution in [0.5, 0.6) is 0 Å². The molecule has 2 rings (SSSR count). The molecule has 0 bridgehead atoms. The number of nitrogens with zero attached hydrogens (tertiary/aromatic N) is 3. The molecule has 2 heterocycles. The maximum absolute atomic E-state index is 13.2. The van der Waals surface area contributed by atoms with Gasteiger partial charge >= 0.3 is 5.92 Å². The maximum atomic E-state index is 13.2. The van der Waals surface area contributed by atoms with Crippen molar-refractivity contribution in [2.24, 2.45) is 0 Å². The predicted octanol–water partition coefficient (Wildman–Crippen LogP) is 1.89. The van der Waals surface area contributed by atoms with E-state index < -0.39 is 18.3 Å². The van der Waals surface area contributed by atoms with Gasteiger partial charge in [0, 0.05) is 19.2 Å². The number of carbonyl (C=O) groups is 1. The Hall–Kier alpha value is -1.30. The summed E-state index contributed by atoms with van der Waals surface area (Å²) in [4.78, 5) is 19.7. The molecule has 0 N–H and O–H groups in total. The summed E-state index contributed by atoms with van der Waals surface area (Å²) in [5, 5.41) is -0.0702. The lowest BCUT2D eigenvalue weighted by Crippen LogP contribution is -2.48. The van der Waals surface area contributed by atoms with Crippen molar-refractivity contribution >= 4 is 23.3 Å². The lowest BCUT2D eigenvalue weighted by atomic mass is 10.1. The van der Waals surface area contributed by atoms with Gasteiger partial charge in [-0.1, -0.05) is 0 Å². The van der Waals surface area contributed by atoms with Gasteiger partial charge in [-0.25, -0.2) is 9.97 Å². The summed E-state index contributed by atoms with van der Waals surface area (Å²) in [5.41, 5.74) is 0. The number of hydrogen-bond donors (Lipinski definition) is 0. The average molecular weight is 248 g/mol. The van der Waals surface area contributed by atoms with Crippen molar-refractivity contribution in [3.63, 3.8) is 0 Å². The van der Waals surface area contributed by atoms with Crippen LogP contribution in [0.1, 0.15) is 12.8 Å². The maximum Gasteiger partial charge on any atom is 0.325 e. The first-order valence-corrected chi connectivity index (χ1v) is 5.07. The summed E-state index contributed by atoms with van der Waals surface area (Å²) in [5.74, 6) is -4.42. The summed E-state index contributed by atoms with van der Waals surface area (Å²) in [6.07, 6.45) is 1.15. The number of hydrogen-bond acceptors (Lipinski definition) is 3. The second-order valence-electron chi connectivity index (χ2n) is 3.45. The zero-order chi connectivity index (χ0) is 11.8. The van der Waals surface area contributed by atoms with E-state index in [1.165, 1.54) is 12.3 Å². The Balaban J connectivity index is 2.31. The number of carbonyl (C=O) groups excluding carboxylic acids is 1. The first-order valence-electron chi connectivity index (χ1n) is 4.69. The van der Waals surface area contributed by atoms with Crippen LogP contribution in [0.2, 0.25) is 5.28 Å². The Morgan fingerprint density at radius 1 is 1.50 bits per heavy atom. The van der Waals surface area contributed by atoms with Crippen LogP contribution < -0.4 is 4.90 Å². The number of aromatic nitrogens is 2. The van der Waals surface area contributed by atoms with E-state index in [1.54, 1.807) is 0 Å². The fraction of sp³-hybridized carbons (Fsp3) is 0.444. The van der Waals surface area contributed by atoms with E-state index in [4.69, 9.17) is 11.6 Å². The molecule has 1 saturated heterocycles. The van der Waals surface area contributed by atoms with Crippen LogP contribution >= 0.6 is 11.6 Å². The van der Waals surface area contributed by atoms with Gasteiger partial charge in [-0.15, -0.1) is 0 Å². The summed E-state index contributed by atoms with van der Waals surface area (Å²) in [7, 11) is 0. The first-order chi connectivity index (χ1) is 7.50. The van der Waals surface area contributed by atoms with Crippen LogP contribution in [-0.4, -0.2) is 28.3 Å². The van der Waals surface area contributed by atoms with Gasteiger partial charge in [0.15, 0.2) is 0 Å². The molecule has 86 valence electrons. The highest BCUT2D eigenvalue weighted by Crippen LogP contribution is 2.30. The Morgan fingerprint density at radius 2 is 2.25 bits per heavy atom. The number of anilines is 1. The zero-order valence-corrected chi connectivity index (χ0v) is 8.92. The monoisotopic (exact) mass is 247 g/mol. The van der Waals surface area contributed by atoms with Gasteiger partial charge in [-0.2, -0.15) is 8.78 Å². The minimum absolute atomic E-state index is 0.0702. The fourth-order valence-electron chi connectivity index (χ4n) is 1.56. The van der Waals surface area contributed by atoms with Gasteiger partial charge in [0.05, 0.1) is 0 Å². The van der Waals surface area contributed by atoms with Crippen LogP contribution in [0.25, 0.3) is 0 Å². The summed E-state index contributed by atoms with van der Waals surface area (Å²) < 4.78 is 26.3. The van der Waals surface area contributed by atoms with Gasteiger partial charge in [0.25, 0.3) is 5.91 Å². The summed E-state index contributed by atoms with van der Waals surface area (Å²) >= 11 is 5.54. The van der Waals surface area contributed by atoms with E-state index in [0.29, 0.717) is 0 Å². The van der Waals surface area contributed by atoms with Gasteiger partial charge in [0.1, 0.15) is 5.82 Å². The van der Waals surface area contributed by atoms with Crippen molar-refractivity contribution in [1.29, 1.82) is 0 Å². The van der Waals surface area contributed by atoms with E-state index in [2.05, 4.69) is 9.97 Å². The van der Waals surface area contributed by atoms with E-state index in [0.717, 1.165) is 4.90 Å². The summed E-state index contributed by atoms with van der Waals surface area (Å²) in [6.45, 7) is 0.224. The molecule has 4 nitrogen and oxygen atoms in total. The molecule has 7 heteroatoms. The highest BCUT2D eigenvalue weighted by atomic mass is 35.5. The van der Waals surface area contributed by atoms with Gasteiger partial charge in [-0.05, 0) is 24.1 Å². The standard InChI is InChI=1S/C9H8ClF2N3O/c10-8-13-4-2-6(14-8)15-5-1-3-9(11,12)7(15)16/h2,4H,1,3,5H2. The molecule has 16 heavy (non-hydrogen) atoms. The van der Waals surface area contributed by atoms with E-state index in [9.17, 15) is 13.6 Å². The zero-order valence-electron chi connectivity index (χ0n) is 8.16. The molecular weight excluding hydrogens is 240 g/mol. The van der Waals surface area contributed by atoms with Crippen molar-refractivity contribution in [3.05, 3.63) is 17.5 Å². The molecule has 1 aromatic heterocycles. The number of alkyl halides is 2. The molecule has 0 saturated carbocycles. The Kier molecular flexibility index (Phi) is 2.75. The normalized spacial score (nSPS) is 19.9. The first kappa shape index (κ1) is 11.2. The minimum atomic E-state index is -3.31. The van der Waals surface area contributed by atoms with Crippen LogP contribution in [0.4, 0.5) is 14.6 Å². The SMILES string of the molecule is O=C1N(c2ccnc(Cl)n2)CCCC1(F)F. The Bertz CT molecular complexity index is 427. The van der Waals surface area contributed by atoms with Gasteiger partial charge < -0.3 is 0 Å². The second kappa shape index (κ2) is 3.93. The van der Waals surface area contributed by atoms with E-state index in [-0.39, 0.29) is 24.1 Å². The third kappa shape index (κ3) is 1.97. The molecular formula is C9H8ClF2N3O. The molecule has 1 amide bonds. The van der Waals surface area contributed by atoms with Crippen molar-refractivity contribution < 1.29 is 13.6 Å². The molecule has 1 fully saturated rings. The molecule has 1 aliphatic heterocycles. The Morgan fingerprint density at radius 3 is 2.94 bits per heavy atom. The lowest BCUT2D eigenvalue weighted by molar-refractivity contribution is -0.146. The second-order valence-corrected chi connectivity index (χ2v) is 3.79. The molecule has 0 aliphatic carbocycles.